The molecular weight excluding hydrogens is 432 g/mol. The maximum Gasteiger partial charge on any atom is 0.407 e. The van der Waals surface area contributed by atoms with E-state index in [0.29, 0.717) is 32.5 Å². The molecule has 180 valence electrons. The number of nitrogens with one attached hydrogen (secondary N) is 1. The molecule has 7 heteroatoms. The Labute approximate surface area is 200 Å². The molecule has 0 spiro atoms. The highest BCUT2D eigenvalue weighted by Crippen LogP contribution is 2.44. The lowest BCUT2D eigenvalue weighted by atomic mass is 9.98. The summed E-state index contributed by atoms with van der Waals surface area (Å²) in [4.78, 5) is 37.2. The van der Waals surface area contributed by atoms with Crippen LogP contribution in [0.2, 0.25) is 0 Å². The molecule has 0 bridgehead atoms. The molecule has 4 rings (SSSR count). The molecule has 2 aromatic rings. The van der Waals surface area contributed by atoms with Gasteiger partial charge in [-0.25, -0.2) is 9.59 Å². The largest absolute Gasteiger partial charge is 0.480 e. The monoisotopic (exact) mass is 464 g/mol. The molecule has 1 atom stereocenters. The Kier molecular flexibility index (Phi) is 7.83. The highest BCUT2D eigenvalue weighted by atomic mass is 16.5. The molecule has 7 nitrogen and oxygen atoms in total. The first-order chi connectivity index (χ1) is 16.6. The van der Waals surface area contributed by atoms with Gasteiger partial charge in [-0.1, -0.05) is 61.4 Å². The number of unbranched alkanes of at least 4 members (excludes halogenated alkanes) is 3. The molecule has 2 amide bonds. The number of hydrogen-bond acceptors (Lipinski definition) is 4. The number of carboxylic acids is 1. The number of likely N-dealkylation sites (tertiary alicyclic amines) is 1. The number of aliphatic carboxylic acids is 1. The Balaban J connectivity index is 1.11. The topological polar surface area (TPSA) is 95.9 Å². The minimum Gasteiger partial charge on any atom is -0.480 e. The molecule has 1 fully saturated rings. The van der Waals surface area contributed by atoms with Crippen LogP contribution in [-0.2, 0) is 14.3 Å². The summed E-state index contributed by atoms with van der Waals surface area (Å²) in [5.74, 6) is -0.932. The summed E-state index contributed by atoms with van der Waals surface area (Å²) in [6.07, 6.45) is 4.55. The first kappa shape index (κ1) is 23.8. The summed E-state index contributed by atoms with van der Waals surface area (Å²) in [5, 5.41) is 12.0. The number of amides is 2. The van der Waals surface area contributed by atoms with Crippen molar-refractivity contribution in [1.82, 2.24) is 10.2 Å². The molecule has 0 aromatic heterocycles. The zero-order valence-corrected chi connectivity index (χ0v) is 19.4. The second-order valence-corrected chi connectivity index (χ2v) is 9.00. The highest BCUT2D eigenvalue weighted by molar-refractivity contribution is 5.84. The van der Waals surface area contributed by atoms with Crippen LogP contribution in [0.5, 0.6) is 0 Å². The molecule has 2 aromatic carbocycles. The summed E-state index contributed by atoms with van der Waals surface area (Å²) in [7, 11) is 0. The van der Waals surface area contributed by atoms with Gasteiger partial charge in [-0.3, -0.25) is 4.79 Å². The third-order valence-corrected chi connectivity index (χ3v) is 6.79. The van der Waals surface area contributed by atoms with E-state index in [0.717, 1.165) is 32.1 Å². The van der Waals surface area contributed by atoms with Gasteiger partial charge in [0, 0.05) is 25.4 Å². The molecule has 1 aliphatic heterocycles. The van der Waals surface area contributed by atoms with E-state index in [-0.39, 0.29) is 11.8 Å². The molecule has 0 radical (unpaired) electrons. The first-order valence-electron chi connectivity index (χ1n) is 12.2. The van der Waals surface area contributed by atoms with Crippen LogP contribution in [0, 0.1) is 0 Å². The van der Waals surface area contributed by atoms with Gasteiger partial charge in [0.15, 0.2) is 0 Å². The van der Waals surface area contributed by atoms with Crippen LogP contribution in [0.3, 0.4) is 0 Å². The number of nitrogens with zero attached hydrogens (tertiary/aromatic N) is 1. The summed E-state index contributed by atoms with van der Waals surface area (Å²) >= 11 is 0. The lowest BCUT2D eigenvalue weighted by Gasteiger charge is -2.21. The van der Waals surface area contributed by atoms with Gasteiger partial charge in [-0.2, -0.15) is 0 Å². The Hall–Kier alpha value is -3.35. The van der Waals surface area contributed by atoms with Gasteiger partial charge in [-0.05, 0) is 47.9 Å². The van der Waals surface area contributed by atoms with Crippen molar-refractivity contribution < 1.29 is 24.2 Å². The number of carbonyl (C=O) groups excluding carboxylic acids is 2. The third-order valence-electron chi connectivity index (χ3n) is 6.79. The molecule has 0 saturated carbocycles. The molecular formula is C27H32N2O5. The van der Waals surface area contributed by atoms with E-state index in [1.54, 1.807) is 0 Å². The van der Waals surface area contributed by atoms with Crippen molar-refractivity contribution in [3.8, 4) is 11.1 Å². The van der Waals surface area contributed by atoms with Gasteiger partial charge in [0.05, 0.1) is 0 Å². The molecule has 1 aliphatic carbocycles. The number of carbonyl (C=O) groups is 3. The summed E-state index contributed by atoms with van der Waals surface area (Å²) in [6.45, 7) is 1.37. The minimum atomic E-state index is -0.912. The van der Waals surface area contributed by atoms with Gasteiger partial charge in [0.25, 0.3) is 0 Å². The van der Waals surface area contributed by atoms with E-state index in [9.17, 15) is 19.5 Å². The Bertz CT molecular complexity index is 992. The Morgan fingerprint density at radius 1 is 0.941 bits per heavy atom. The average Bonchev–Trinajstić information content (AvgIpc) is 3.46. The van der Waals surface area contributed by atoms with Crippen molar-refractivity contribution in [3.05, 3.63) is 59.7 Å². The number of fused-ring (bicyclic) bond motifs is 3. The van der Waals surface area contributed by atoms with Gasteiger partial charge >= 0.3 is 12.1 Å². The quantitative estimate of drug-likeness (QED) is 0.503. The number of rotatable bonds is 10. The SMILES string of the molecule is O=C(NCCCCCCC(=O)N1CCCC1C(=O)O)OCC1c2ccccc2-c2ccccc21. The summed E-state index contributed by atoms with van der Waals surface area (Å²) in [6, 6.07) is 15.8. The van der Waals surface area contributed by atoms with Crippen molar-refractivity contribution in [3.63, 3.8) is 0 Å². The minimum absolute atomic E-state index is 0.0482. The molecule has 34 heavy (non-hydrogen) atoms. The molecule has 1 heterocycles. The summed E-state index contributed by atoms with van der Waals surface area (Å²) < 4.78 is 5.54. The fourth-order valence-electron chi connectivity index (χ4n) is 5.06. The maximum atomic E-state index is 12.3. The van der Waals surface area contributed by atoms with E-state index >= 15 is 0 Å². The van der Waals surface area contributed by atoms with E-state index in [1.807, 2.05) is 24.3 Å². The maximum absolute atomic E-state index is 12.3. The van der Waals surface area contributed by atoms with Crippen molar-refractivity contribution in [2.24, 2.45) is 0 Å². The third kappa shape index (κ3) is 5.41. The van der Waals surface area contributed by atoms with Crippen LogP contribution in [0.1, 0.15) is 62.0 Å². The highest BCUT2D eigenvalue weighted by Gasteiger charge is 2.33. The molecule has 1 unspecified atom stereocenters. The van der Waals surface area contributed by atoms with E-state index in [2.05, 4.69) is 29.6 Å². The lowest BCUT2D eigenvalue weighted by molar-refractivity contribution is -0.148. The number of hydrogen-bond donors (Lipinski definition) is 2. The van der Waals surface area contributed by atoms with Crippen LogP contribution in [0.4, 0.5) is 4.79 Å². The lowest BCUT2D eigenvalue weighted by Crippen LogP contribution is -2.40. The second-order valence-electron chi connectivity index (χ2n) is 9.00. The van der Waals surface area contributed by atoms with Crippen molar-refractivity contribution >= 4 is 18.0 Å². The van der Waals surface area contributed by atoms with Gasteiger partial charge in [0.1, 0.15) is 12.6 Å². The second kappa shape index (κ2) is 11.2. The number of carboxylic acid groups (broad SMARTS) is 1. The van der Waals surface area contributed by atoms with Gasteiger partial charge in [-0.15, -0.1) is 0 Å². The molecule has 2 aliphatic rings. The van der Waals surface area contributed by atoms with Crippen LogP contribution in [-0.4, -0.2) is 53.7 Å². The van der Waals surface area contributed by atoms with Crippen molar-refractivity contribution in [1.29, 1.82) is 0 Å². The van der Waals surface area contributed by atoms with Crippen LogP contribution in [0.15, 0.2) is 48.5 Å². The number of alkyl carbamates (subject to hydrolysis) is 1. The number of ether oxygens (including phenoxy) is 1. The van der Waals surface area contributed by atoms with Crippen LogP contribution < -0.4 is 5.32 Å². The first-order valence-corrected chi connectivity index (χ1v) is 12.2. The fraction of sp³-hybridized carbons (Fsp3) is 0.444. The summed E-state index contributed by atoms with van der Waals surface area (Å²) in [5.41, 5.74) is 4.78. The predicted molar refractivity (Wildman–Crippen MR) is 129 cm³/mol. The normalized spacial score (nSPS) is 16.7. The van der Waals surface area contributed by atoms with E-state index < -0.39 is 18.1 Å². The smallest absolute Gasteiger partial charge is 0.407 e. The molecule has 2 N–H and O–H groups in total. The standard InChI is InChI=1S/C27H32N2O5/c30-25(29-17-9-14-24(29)26(31)32)15-3-1-2-8-16-28-27(33)34-18-23-21-12-6-4-10-19(21)20-11-5-7-13-22(20)23/h4-7,10-13,23-24H,1-3,8-9,14-18H2,(H,28,33)(H,31,32). The van der Waals surface area contributed by atoms with E-state index in [1.165, 1.54) is 27.2 Å². The van der Waals surface area contributed by atoms with Crippen molar-refractivity contribution in [2.45, 2.75) is 56.9 Å². The van der Waals surface area contributed by atoms with Gasteiger partial charge in [0.2, 0.25) is 5.91 Å². The van der Waals surface area contributed by atoms with Crippen LogP contribution >= 0.6 is 0 Å². The van der Waals surface area contributed by atoms with Crippen molar-refractivity contribution in [2.75, 3.05) is 19.7 Å². The predicted octanol–water partition coefficient (Wildman–Crippen LogP) is 4.55. The zero-order valence-electron chi connectivity index (χ0n) is 19.4. The average molecular weight is 465 g/mol. The van der Waals surface area contributed by atoms with Gasteiger partial charge < -0.3 is 20.1 Å². The molecule has 1 saturated heterocycles. The fourth-order valence-corrected chi connectivity index (χ4v) is 5.06. The van der Waals surface area contributed by atoms with E-state index in [4.69, 9.17) is 4.74 Å². The zero-order chi connectivity index (χ0) is 23.9. The van der Waals surface area contributed by atoms with Crippen LogP contribution in [0.25, 0.3) is 11.1 Å². The Morgan fingerprint density at radius 2 is 1.59 bits per heavy atom. The number of benzene rings is 2. The Morgan fingerprint density at radius 3 is 2.26 bits per heavy atom.